The number of hydrogen-bond acceptors (Lipinski definition) is 5. The standard InChI is InChI=1S/C12H12BrFN6O/c13-10-7(12(15)18-21)1-2-8(11(10)14)19-3-4-20-6-16-17-9(20)5-19/h1-2,6,21H,3-5H2,(H2,15,18). The van der Waals surface area contributed by atoms with Crippen LogP contribution in [0.5, 0.6) is 0 Å². The molecule has 1 aromatic heterocycles. The summed E-state index contributed by atoms with van der Waals surface area (Å²) in [5, 5.41) is 19.4. The van der Waals surface area contributed by atoms with Gasteiger partial charge in [-0.2, -0.15) is 0 Å². The Morgan fingerprint density at radius 3 is 3.00 bits per heavy atom. The molecule has 0 amide bonds. The molecule has 3 rings (SSSR count). The van der Waals surface area contributed by atoms with Crippen molar-refractivity contribution in [3.05, 3.63) is 40.1 Å². The first-order valence-corrected chi connectivity index (χ1v) is 6.98. The lowest BCUT2D eigenvalue weighted by molar-refractivity contribution is 0.318. The lowest BCUT2D eigenvalue weighted by Gasteiger charge is -2.29. The summed E-state index contributed by atoms with van der Waals surface area (Å²) < 4.78 is 16.6. The summed E-state index contributed by atoms with van der Waals surface area (Å²) in [6.45, 7) is 1.82. The monoisotopic (exact) mass is 354 g/mol. The van der Waals surface area contributed by atoms with Crippen molar-refractivity contribution in [3.63, 3.8) is 0 Å². The minimum Gasteiger partial charge on any atom is -0.409 e. The highest BCUT2D eigenvalue weighted by molar-refractivity contribution is 9.10. The van der Waals surface area contributed by atoms with Crippen LogP contribution in [0, 0.1) is 5.82 Å². The fourth-order valence-corrected chi connectivity index (χ4v) is 2.85. The van der Waals surface area contributed by atoms with Crippen LogP contribution in [0.15, 0.2) is 28.1 Å². The number of hydrogen-bond donors (Lipinski definition) is 2. The maximum absolute atomic E-state index is 14.5. The Labute approximate surface area is 128 Å². The molecule has 2 aromatic rings. The van der Waals surface area contributed by atoms with Gasteiger partial charge in [-0.05, 0) is 28.1 Å². The Morgan fingerprint density at radius 2 is 2.24 bits per heavy atom. The van der Waals surface area contributed by atoms with E-state index in [1.807, 2.05) is 9.47 Å². The highest BCUT2D eigenvalue weighted by Crippen LogP contribution is 2.31. The second kappa shape index (κ2) is 5.32. The van der Waals surface area contributed by atoms with Crippen LogP contribution in [0.4, 0.5) is 10.1 Å². The average molecular weight is 355 g/mol. The lowest BCUT2D eigenvalue weighted by atomic mass is 10.1. The number of amidine groups is 1. The predicted octanol–water partition coefficient (Wildman–Crippen LogP) is 1.29. The number of aromatic nitrogens is 3. The molecule has 0 spiro atoms. The topological polar surface area (TPSA) is 92.6 Å². The smallest absolute Gasteiger partial charge is 0.171 e. The summed E-state index contributed by atoms with van der Waals surface area (Å²) in [4.78, 5) is 1.88. The molecule has 0 fully saturated rings. The molecule has 21 heavy (non-hydrogen) atoms. The molecule has 0 saturated carbocycles. The molecule has 7 nitrogen and oxygen atoms in total. The van der Waals surface area contributed by atoms with Crippen molar-refractivity contribution in [1.29, 1.82) is 0 Å². The lowest BCUT2D eigenvalue weighted by Crippen LogP contribution is -2.34. The summed E-state index contributed by atoms with van der Waals surface area (Å²) in [7, 11) is 0. The number of halogens is 2. The van der Waals surface area contributed by atoms with Gasteiger partial charge >= 0.3 is 0 Å². The summed E-state index contributed by atoms with van der Waals surface area (Å²) >= 11 is 3.16. The second-order valence-corrected chi connectivity index (χ2v) is 5.40. The quantitative estimate of drug-likeness (QED) is 0.367. The van der Waals surface area contributed by atoms with Crippen LogP contribution >= 0.6 is 15.9 Å². The van der Waals surface area contributed by atoms with Gasteiger partial charge < -0.3 is 20.4 Å². The predicted molar refractivity (Wildman–Crippen MR) is 77.7 cm³/mol. The molecule has 9 heteroatoms. The fourth-order valence-electron chi connectivity index (χ4n) is 2.31. The number of rotatable bonds is 2. The van der Waals surface area contributed by atoms with E-state index < -0.39 is 5.82 Å². The van der Waals surface area contributed by atoms with E-state index in [-0.39, 0.29) is 10.3 Å². The number of oxime groups is 1. The first kappa shape index (κ1) is 13.8. The average Bonchev–Trinajstić information content (AvgIpc) is 2.96. The van der Waals surface area contributed by atoms with E-state index >= 15 is 0 Å². The minimum atomic E-state index is -0.452. The molecule has 1 aromatic carbocycles. The zero-order valence-corrected chi connectivity index (χ0v) is 12.5. The number of nitrogens with two attached hydrogens (primary N) is 1. The van der Waals surface area contributed by atoms with Gasteiger partial charge in [0.1, 0.15) is 6.33 Å². The number of nitrogens with zero attached hydrogens (tertiary/aromatic N) is 5. The molecular formula is C12H12BrFN6O. The van der Waals surface area contributed by atoms with E-state index in [1.165, 1.54) is 0 Å². The van der Waals surface area contributed by atoms with Crippen molar-refractivity contribution in [2.75, 3.05) is 11.4 Å². The Bertz CT molecular complexity index is 716. The van der Waals surface area contributed by atoms with Crippen molar-refractivity contribution in [2.45, 2.75) is 13.1 Å². The first-order chi connectivity index (χ1) is 10.1. The summed E-state index contributed by atoms with van der Waals surface area (Å²) in [6.07, 6.45) is 1.67. The van der Waals surface area contributed by atoms with Gasteiger partial charge in [-0.15, -0.1) is 10.2 Å². The third-order valence-electron chi connectivity index (χ3n) is 3.43. The van der Waals surface area contributed by atoms with Crippen LogP contribution in [0.2, 0.25) is 0 Å². The van der Waals surface area contributed by atoms with Gasteiger partial charge in [-0.1, -0.05) is 5.16 Å². The maximum Gasteiger partial charge on any atom is 0.171 e. The Balaban J connectivity index is 1.96. The third-order valence-corrected chi connectivity index (χ3v) is 4.20. The SMILES string of the molecule is N/C(=N/O)c1ccc(N2CCn3cnnc3C2)c(F)c1Br. The van der Waals surface area contributed by atoms with Gasteiger partial charge in [0.05, 0.1) is 16.7 Å². The molecule has 3 N–H and O–H groups in total. The molecule has 0 bridgehead atoms. The Hall–Kier alpha value is -2.16. The van der Waals surface area contributed by atoms with E-state index in [2.05, 4.69) is 31.3 Å². The number of fused-ring (bicyclic) bond motifs is 1. The van der Waals surface area contributed by atoms with Gasteiger partial charge in [-0.3, -0.25) is 0 Å². The summed E-state index contributed by atoms with van der Waals surface area (Å²) in [6, 6.07) is 3.22. The molecule has 0 unspecified atom stereocenters. The molecule has 0 aliphatic carbocycles. The van der Waals surface area contributed by atoms with Crippen LogP contribution in [-0.2, 0) is 13.1 Å². The van der Waals surface area contributed by atoms with Crippen LogP contribution in [-0.4, -0.2) is 32.4 Å². The highest BCUT2D eigenvalue weighted by atomic mass is 79.9. The minimum absolute atomic E-state index is 0.147. The first-order valence-electron chi connectivity index (χ1n) is 6.19. The third kappa shape index (κ3) is 2.33. The highest BCUT2D eigenvalue weighted by Gasteiger charge is 2.22. The molecule has 0 saturated heterocycles. The van der Waals surface area contributed by atoms with E-state index in [1.54, 1.807) is 18.5 Å². The van der Waals surface area contributed by atoms with Crippen molar-refractivity contribution in [2.24, 2.45) is 10.9 Å². The molecule has 2 heterocycles. The molecule has 1 aliphatic heterocycles. The van der Waals surface area contributed by atoms with Crippen LogP contribution in [0.3, 0.4) is 0 Å². The van der Waals surface area contributed by atoms with Crippen LogP contribution in [0.1, 0.15) is 11.4 Å². The molecule has 1 aliphatic rings. The summed E-state index contributed by atoms with van der Waals surface area (Å²) in [5.74, 6) is 0.190. The normalized spacial score (nSPS) is 15.1. The largest absolute Gasteiger partial charge is 0.409 e. The van der Waals surface area contributed by atoms with Gasteiger partial charge in [-0.25, -0.2) is 4.39 Å². The molecule has 0 radical (unpaired) electrons. The van der Waals surface area contributed by atoms with Crippen LogP contribution < -0.4 is 10.6 Å². The van der Waals surface area contributed by atoms with E-state index in [4.69, 9.17) is 10.9 Å². The van der Waals surface area contributed by atoms with Gasteiger partial charge in [0.15, 0.2) is 17.5 Å². The zero-order chi connectivity index (χ0) is 15.0. The van der Waals surface area contributed by atoms with Crippen molar-refractivity contribution >= 4 is 27.5 Å². The van der Waals surface area contributed by atoms with Gasteiger partial charge in [0, 0.05) is 18.7 Å². The van der Waals surface area contributed by atoms with Gasteiger partial charge in [0.2, 0.25) is 0 Å². The number of anilines is 1. The van der Waals surface area contributed by atoms with Crippen LogP contribution in [0.25, 0.3) is 0 Å². The maximum atomic E-state index is 14.5. The summed E-state index contributed by atoms with van der Waals surface area (Å²) in [5.41, 5.74) is 6.25. The van der Waals surface area contributed by atoms with Crippen molar-refractivity contribution in [3.8, 4) is 0 Å². The van der Waals surface area contributed by atoms with E-state index in [0.29, 0.717) is 30.9 Å². The zero-order valence-electron chi connectivity index (χ0n) is 10.9. The van der Waals surface area contributed by atoms with Crippen molar-refractivity contribution < 1.29 is 9.60 Å². The Morgan fingerprint density at radius 1 is 1.43 bits per heavy atom. The van der Waals surface area contributed by atoms with E-state index in [0.717, 1.165) is 5.82 Å². The van der Waals surface area contributed by atoms with E-state index in [9.17, 15) is 4.39 Å². The Kier molecular flexibility index (Phi) is 3.50. The molecule has 0 atom stereocenters. The molecule has 110 valence electrons. The molecular weight excluding hydrogens is 343 g/mol. The van der Waals surface area contributed by atoms with Gasteiger partial charge in [0.25, 0.3) is 0 Å². The number of benzene rings is 1. The second-order valence-electron chi connectivity index (χ2n) is 4.61. The fraction of sp³-hybridized carbons (Fsp3) is 0.250. The van der Waals surface area contributed by atoms with Crippen molar-refractivity contribution in [1.82, 2.24) is 14.8 Å².